The van der Waals surface area contributed by atoms with E-state index in [9.17, 15) is 0 Å². The largest absolute Gasteiger partial charge is 0.379 e. The average molecular weight is 154 g/mol. The Morgan fingerprint density at radius 1 is 1.30 bits per heavy atom. The van der Waals surface area contributed by atoms with Crippen LogP contribution in [-0.4, -0.2) is 21.3 Å². The summed E-state index contributed by atoms with van der Waals surface area (Å²) < 4.78 is 5.01. The Bertz CT molecular complexity index is 166. The van der Waals surface area contributed by atoms with Gasteiger partial charge in [-0.15, -0.1) is 11.5 Å². The van der Waals surface area contributed by atoms with Gasteiger partial charge in [0.15, 0.2) is 0 Å². The number of hydrogen-bond acceptors (Lipinski definition) is 1. The number of rotatable bonds is 0. The summed E-state index contributed by atoms with van der Waals surface area (Å²) in [7, 11) is -1.12. The Balaban J connectivity index is 2.37. The lowest BCUT2D eigenvalue weighted by Gasteiger charge is -2.20. The van der Waals surface area contributed by atoms with Gasteiger partial charge < -0.3 is 4.74 Å². The predicted molar refractivity (Wildman–Crippen MR) is 45.4 cm³/mol. The highest BCUT2D eigenvalue weighted by atomic mass is 28.3. The van der Waals surface area contributed by atoms with Crippen LogP contribution >= 0.6 is 0 Å². The van der Waals surface area contributed by atoms with E-state index >= 15 is 0 Å². The molecule has 0 amide bonds. The van der Waals surface area contributed by atoms with E-state index in [4.69, 9.17) is 4.74 Å². The van der Waals surface area contributed by atoms with Crippen LogP contribution in [0, 0.1) is 17.4 Å². The van der Waals surface area contributed by atoms with Gasteiger partial charge in [-0.05, 0) is 0 Å². The van der Waals surface area contributed by atoms with E-state index in [2.05, 4.69) is 31.1 Å². The van der Waals surface area contributed by atoms with Crippen LogP contribution in [0.5, 0.6) is 0 Å². The zero-order valence-corrected chi connectivity index (χ0v) is 7.90. The molecule has 1 aliphatic rings. The Hall–Kier alpha value is -0.263. The summed E-state index contributed by atoms with van der Waals surface area (Å²) >= 11 is 0. The van der Waals surface area contributed by atoms with Crippen molar-refractivity contribution in [2.24, 2.45) is 5.92 Å². The van der Waals surface area contributed by atoms with Gasteiger partial charge in [0, 0.05) is 0 Å². The predicted octanol–water partition coefficient (Wildman–Crippen LogP) is 1.51. The molecule has 0 N–H and O–H groups in total. The maximum atomic E-state index is 5.01. The Morgan fingerprint density at radius 2 is 1.90 bits per heavy atom. The molecule has 0 aromatic rings. The topological polar surface area (TPSA) is 9.23 Å². The van der Waals surface area contributed by atoms with Crippen molar-refractivity contribution >= 4 is 8.07 Å². The van der Waals surface area contributed by atoms with Crippen LogP contribution in [0.3, 0.4) is 0 Å². The van der Waals surface area contributed by atoms with Crippen molar-refractivity contribution < 1.29 is 4.74 Å². The van der Waals surface area contributed by atoms with Crippen LogP contribution in [0.25, 0.3) is 0 Å². The van der Waals surface area contributed by atoms with Gasteiger partial charge in [0.05, 0.1) is 19.1 Å². The van der Waals surface area contributed by atoms with Gasteiger partial charge in [-0.2, -0.15) is 0 Å². The molecule has 0 saturated carbocycles. The Kier molecular flexibility index (Phi) is 2.17. The van der Waals surface area contributed by atoms with Crippen molar-refractivity contribution in [3.8, 4) is 11.5 Å². The third kappa shape index (κ3) is 2.55. The summed E-state index contributed by atoms with van der Waals surface area (Å²) in [4.78, 5) is 0. The molecule has 0 bridgehead atoms. The van der Waals surface area contributed by atoms with E-state index < -0.39 is 8.07 Å². The SMILES string of the molecule is C[Si](C)(C)C#CC1COC1. The molecule has 1 fully saturated rings. The maximum absolute atomic E-state index is 5.01. The van der Waals surface area contributed by atoms with E-state index in [-0.39, 0.29) is 0 Å². The number of hydrogen-bond donors (Lipinski definition) is 0. The fourth-order valence-corrected chi connectivity index (χ4v) is 1.27. The molecule has 0 radical (unpaired) electrons. The first kappa shape index (κ1) is 7.84. The summed E-state index contributed by atoms with van der Waals surface area (Å²) in [5.74, 6) is 3.79. The first-order chi connectivity index (χ1) is 4.58. The Morgan fingerprint density at radius 3 is 2.20 bits per heavy atom. The standard InChI is InChI=1S/C8H14OSi/c1-10(2,3)5-4-8-6-9-7-8/h8H,6-7H2,1-3H3. The van der Waals surface area contributed by atoms with E-state index in [0.29, 0.717) is 5.92 Å². The lowest BCUT2D eigenvalue weighted by Crippen LogP contribution is -2.27. The van der Waals surface area contributed by atoms with Gasteiger partial charge in [0.1, 0.15) is 8.07 Å². The molecule has 0 aromatic heterocycles. The minimum atomic E-state index is -1.12. The molecule has 0 atom stereocenters. The molecule has 1 nitrogen and oxygen atoms in total. The number of ether oxygens (including phenoxy) is 1. The molecule has 1 rings (SSSR count). The third-order valence-electron chi connectivity index (χ3n) is 1.29. The molecule has 56 valence electrons. The normalized spacial score (nSPS) is 19.1. The molecular weight excluding hydrogens is 140 g/mol. The summed E-state index contributed by atoms with van der Waals surface area (Å²) in [5, 5.41) is 0. The third-order valence-corrected chi connectivity index (χ3v) is 2.18. The maximum Gasteiger partial charge on any atom is 0.129 e. The van der Waals surface area contributed by atoms with Crippen molar-refractivity contribution in [1.82, 2.24) is 0 Å². The van der Waals surface area contributed by atoms with Gasteiger partial charge in [-0.1, -0.05) is 19.6 Å². The molecule has 0 aliphatic carbocycles. The van der Waals surface area contributed by atoms with Gasteiger partial charge in [-0.3, -0.25) is 0 Å². The summed E-state index contributed by atoms with van der Waals surface area (Å²) in [6.07, 6.45) is 0. The van der Waals surface area contributed by atoms with Crippen molar-refractivity contribution in [3.05, 3.63) is 0 Å². The lowest BCUT2D eigenvalue weighted by molar-refractivity contribution is -0.00297. The molecule has 1 heterocycles. The molecule has 1 saturated heterocycles. The fourth-order valence-electron chi connectivity index (χ4n) is 0.638. The molecular formula is C8H14OSi. The molecule has 10 heavy (non-hydrogen) atoms. The fraction of sp³-hybridized carbons (Fsp3) is 0.750. The summed E-state index contributed by atoms with van der Waals surface area (Å²) in [6, 6.07) is 0. The van der Waals surface area contributed by atoms with Crippen molar-refractivity contribution in [2.75, 3.05) is 13.2 Å². The van der Waals surface area contributed by atoms with E-state index in [1.165, 1.54) is 0 Å². The van der Waals surface area contributed by atoms with Gasteiger partial charge in [0.2, 0.25) is 0 Å². The van der Waals surface area contributed by atoms with Crippen molar-refractivity contribution in [1.29, 1.82) is 0 Å². The van der Waals surface area contributed by atoms with Gasteiger partial charge in [-0.25, -0.2) is 0 Å². The van der Waals surface area contributed by atoms with E-state index in [1.807, 2.05) is 0 Å². The second-order valence-corrected chi connectivity index (χ2v) is 8.50. The second kappa shape index (κ2) is 2.77. The van der Waals surface area contributed by atoms with Gasteiger partial charge in [0.25, 0.3) is 0 Å². The van der Waals surface area contributed by atoms with E-state index in [1.54, 1.807) is 0 Å². The second-order valence-electron chi connectivity index (χ2n) is 3.75. The van der Waals surface area contributed by atoms with Crippen LogP contribution in [0.2, 0.25) is 19.6 Å². The van der Waals surface area contributed by atoms with Crippen LogP contribution < -0.4 is 0 Å². The molecule has 0 unspecified atom stereocenters. The van der Waals surface area contributed by atoms with Crippen LogP contribution in [0.15, 0.2) is 0 Å². The zero-order chi connectivity index (χ0) is 7.61. The zero-order valence-electron chi connectivity index (χ0n) is 6.90. The average Bonchev–Trinajstić information content (AvgIpc) is 1.56. The lowest BCUT2D eigenvalue weighted by atomic mass is 10.1. The van der Waals surface area contributed by atoms with E-state index in [0.717, 1.165) is 13.2 Å². The highest BCUT2D eigenvalue weighted by molar-refractivity contribution is 6.83. The molecule has 0 aromatic carbocycles. The summed E-state index contributed by atoms with van der Waals surface area (Å²) in [5.41, 5.74) is 3.33. The molecule has 0 spiro atoms. The Labute approximate surface area is 63.8 Å². The quantitative estimate of drug-likeness (QED) is 0.379. The highest BCUT2D eigenvalue weighted by Gasteiger charge is 2.16. The summed E-state index contributed by atoms with van der Waals surface area (Å²) in [6.45, 7) is 8.51. The smallest absolute Gasteiger partial charge is 0.129 e. The first-order valence-corrected chi connectivity index (χ1v) is 7.18. The molecule has 2 heteroatoms. The van der Waals surface area contributed by atoms with Crippen LogP contribution in [-0.2, 0) is 4.74 Å². The van der Waals surface area contributed by atoms with Crippen molar-refractivity contribution in [2.45, 2.75) is 19.6 Å². The minimum Gasteiger partial charge on any atom is -0.379 e. The van der Waals surface area contributed by atoms with Crippen LogP contribution in [0.4, 0.5) is 0 Å². The van der Waals surface area contributed by atoms with Crippen LogP contribution in [0.1, 0.15) is 0 Å². The van der Waals surface area contributed by atoms with Crippen molar-refractivity contribution in [3.63, 3.8) is 0 Å². The minimum absolute atomic E-state index is 0.548. The van der Waals surface area contributed by atoms with Gasteiger partial charge >= 0.3 is 0 Å². The monoisotopic (exact) mass is 154 g/mol. The first-order valence-electron chi connectivity index (χ1n) is 3.68. The molecule has 1 aliphatic heterocycles. The highest BCUT2D eigenvalue weighted by Crippen LogP contribution is 2.08.